The molecule has 0 amide bonds. The Hall–Kier alpha value is -2.34. The first-order chi connectivity index (χ1) is 15.9. The molecule has 6 heteroatoms. The van der Waals surface area contributed by atoms with Crippen LogP contribution in [-0.2, 0) is 24.6 Å². The summed E-state index contributed by atoms with van der Waals surface area (Å²) < 4.78 is 41.3. The highest BCUT2D eigenvalue weighted by molar-refractivity contribution is 5.85. The Morgan fingerprint density at radius 1 is 0.853 bits per heavy atom. The van der Waals surface area contributed by atoms with Gasteiger partial charge in [0, 0.05) is 31.5 Å². The highest BCUT2D eigenvalue weighted by Gasteiger charge is 2.48. The zero-order chi connectivity index (χ0) is 22.8. The van der Waals surface area contributed by atoms with Crippen LogP contribution in [0.25, 0.3) is 0 Å². The van der Waals surface area contributed by atoms with Crippen molar-refractivity contribution >= 4 is 12.4 Å². The summed E-state index contributed by atoms with van der Waals surface area (Å²) in [6.07, 6.45) is -1.97. The lowest BCUT2D eigenvalue weighted by Crippen LogP contribution is -2.49. The number of benzene rings is 3. The smallest absolute Gasteiger partial charge is 0.385 e. The molecule has 34 heavy (non-hydrogen) atoms. The lowest BCUT2D eigenvalue weighted by atomic mass is 9.71. The average molecular weight is 486 g/mol. The zero-order valence-corrected chi connectivity index (χ0v) is 19.5. The van der Waals surface area contributed by atoms with Gasteiger partial charge in [0.1, 0.15) is 0 Å². The van der Waals surface area contributed by atoms with Gasteiger partial charge in [-0.3, -0.25) is 4.90 Å². The zero-order valence-electron chi connectivity index (χ0n) is 18.7. The molecule has 1 fully saturated rings. The van der Waals surface area contributed by atoms with Crippen molar-refractivity contribution in [3.05, 3.63) is 106 Å². The van der Waals surface area contributed by atoms with Crippen LogP contribution in [0.3, 0.4) is 0 Å². The minimum absolute atomic E-state index is 0. The van der Waals surface area contributed by atoms with E-state index in [1.54, 1.807) is 6.07 Å². The number of aryl methyl sites for hydroxylation is 2. The van der Waals surface area contributed by atoms with Crippen LogP contribution in [0.5, 0.6) is 0 Å². The third-order valence-electron chi connectivity index (χ3n) is 7.97. The molecule has 1 N–H and O–H groups in total. The number of halogens is 4. The van der Waals surface area contributed by atoms with Gasteiger partial charge in [-0.25, -0.2) is 0 Å². The highest BCUT2D eigenvalue weighted by Crippen LogP contribution is 2.52. The third kappa shape index (κ3) is 3.65. The van der Waals surface area contributed by atoms with Crippen molar-refractivity contribution in [3.63, 3.8) is 0 Å². The van der Waals surface area contributed by atoms with Gasteiger partial charge in [0.05, 0.1) is 11.2 Å². The number of hydrogen-bond donors (Lipinski definition) is 1. The van der Waals surface area contributed by atoms with Gasteiger partial charge in [-0.2, -0.15) is 13.2 Å². The van der Waals surface area contributed by atoms with Crippen LogP contribution in [0.1, 0.15) is 63.7 Å². The first kappa shape index (κ1) is 23.4. The van der Waals surface area contributed by atoms with Crippen LogP contribution in [-0.4, -0.2) is 23.1 Å². The lowest BCUT2D eigenvalue weighted by Gasteiger charge is -2.50. The van der Waals surface area contributed by atoms with E-state index in [-0.39, 0.29) is 36.4 Å². The van der Waals surface area contributed by atoms with E-state index in [1.165, 1.54) is 39.9 Å². The molecule has 3 aromatic rings. The second-order valence-electron chi connectivity index (χ2n) is 9.71. The van der Waals surface area contributed by atoms with Gasteiger partial charge in [-0.1, -0.05) is 60.7 Å². The summed E-state index contributed by atoms with van der Waals surface area (Å²) in [6.45, 7) is 1.40. The second-order valence-corrected chi connectivity index (χ2v) is 9.71. The molecule has 3 atom stereocenters. The Morgan fingerprint density at radius 3 is 2.35 bits per heavy atom. The van der Waals surface area contributed by atoms with Crippen molar-refractivity contribution in [3.8, 4) is 0 Å². The summed E-state index contributed by atoms with van der Waals surface area (Å²) >= 11 is 0. The fourth-order valence-electron chi connectivity index (χ4n) is 6.46. The standard InChI is InChI=1S/C28H26F3NO.ClH/c29-28(30,31)24-11-4-3-10-23(24)27(33)14-15-32-17-22-20-8-2-1-6-18(20)12-13-19-7-5-9-21(26(19)22)25(32)16-27;/h1-11,22,25,33H,12-17H2;1H/t22-,25-,27-;/m1./s1. The fraction of sp³-hybridized carbons (Fsp3) is 0.357. The molecule has 0 unspecified atom stereocenters. The summed E-state index contributed by atoms with van der Waals surface area (Å²) in [5, 5.41) is 11.6. The number of alkyl halides is 3. The van der Waals surface area contributed by atoms with Crippen molar-refractivity contribution < 1.29 is 18.3 Å². The number of hydrogen-bond acceptors (Lipinski definition) is 2. The predicted octanol–water partition coefficient (Wildman–Crippen LogP) is 6.40. The van der Waals surface area contributed by atoms with Gasteiger partial charge >= 0.3 is 6.18 Å². The third-order valence-corrected chi connectivity index (χ3v) is 7.97. The number of piperidine rings is 1. The normalized spacial score (nSPS) is 25.9. The minimum atomic E-state index is -4.49. The van der Waals surface area contributed by atoms with Gasteiger partial charge < -0.3 is 5.11 Å². The maximum Gasteiger partial charge on any atom is 0.416 e. The van der Waals surface area contributed by atoms with Crippen molar-refractivity contribution in [2.24, 2.45) is 0 Å². The Labute approximate surface area is 203 Å². The number of aliphatic hydroxyl groups is 1. The molecule has 2 nitrogen and oxygen atoms in total. The van der Waals surface area contributed by atoms with E-state index < -0.39 is 17.3 Å². The van der Waals surface area contributed by atoms with E-state index >= 15 is 0 Å². The summed E-state index contributed by atoms with van der Waals surface area (Å²) in [7, 11) is 0. The molecule has 1 aliphatic carbocycles. The molecule has 3 aliphatic rings. The molecule has 2 heterocycles. The van der Waals surface area contributed by atoms with E-state index in [0.717, 1.165) is 25.5 Å². The Kier molecular flexibility index (Phi) is 5.78. The predicted molar refractivity (Wildman–Crippen MR) is 128 cm³/mol. The van der Waals surface area contributed by atoms with Gasteiger partial charge in [0.25, 0.3) is 0 Å². The maximum absolute atomic E-state index is 13.8. The van der Waals surface area contributed by atoms with Crippen molar-refractivity contribution in [2.45, 2.75) is 49.4 Å². The van der Waals surface area contributed by atoms with E-state index in [0.29, 0.717) is 13.0 Å². The SMILES string of the molecule is Cl.O[C@]1(c2ccccc2C(F)(F)F)CCN2C[C@@H]3c4ccccc4CCc4cccc(c43)[C@H]2C1. The molecule has 3 aromatic carbocycles. The van der Waals surface area contributed by atoms with Crippen LogP contribution in [0.2, 0.25) is 0 Å². The van der Waals surface area contributed by atoms with Crippen LogP contribution in [0, 0.1) is 0 Å². The van der Waals surface area contributed by atoms with Gasteiger partial charge in [-0.05, 0) is 58.7 Å². The number of fused-ring (bicyclic) bond motifs is 4. The van der Waals surface area contributed by atoms with Gasteiger partial charge in [0.2, 0.25) is 0 Å². The molecule has 0 bridgehead atoms. The molecular formula is C28H27ClF3NO. The van der Waals surface area contributed by atoms with Crippen LogP contribution < -0.4 is 0 Å². The minimum Gasteiger partial charge on any atom is -0.385 e. The van der Waals surface area contributed by atoms with E-state index in [4.69, 9.17) is 0 Å². The topological polar surface area (TPSA) is 23.5 Å². The van der Waals surface area contributed by atoms with E-state index in [1.807, 2.05) is 0 Å². The van der Waals surface area contributed by atoms with Crippen molar-refractivity contribution in [1.29, 1.82) is 0 Å². The first-order valence-corrected chi connectivity index (χ1v) is 11.7. The van der Waals surface area contributed by atoms with Crippen LogP contribution in [0.4, 0.5) is 13.2 Å². The Balaban J connectivity index is 0.00000241. The molecular weight excluding hydrogens is 459 g/mol. The quantitative estimate of drug-likeness (QED) is 0.431. The van der Waals surface area contributed by atoms with Crippen molar-refractivity contribution in [2.75, 3.05) is 13.1 Å². The molecule has 0 aromatic heterocycles. The molecule has 1 saturated heterocycles. The lowest BCUT2D eigenvalue weighted by molar-refractivity contribution is -0.142. The average Bonchev–Trinajstić information content (AvgIpc) is 2.97. The molecule has 0 saturated carbocycles. The first-order valence-electron chi connectivity index (χ1n) is 11.7. The molecule has 2 aliphatic heterocycles. The maximum atomic E-state index is 13.8. The largest absolute Gasteiger partial charge is 0.416 e. The fourth-order valence-corrected chi connectivity index (χ4v) is 6.46. The highest BCUT2D eigenvalue weighted by atomic mass is 35.5. The van der Waals surface area contributed by atoms with Gasteiger partial charge in [0.15, 0.2) is 0 Å². The monoisotopic (exact) mass is 485 g/mol. The number of nitrogens with zero attached hydrogens (tertiary/aromatic N) is 1. The van der Waals surface area contributed by atoms with Crippen molar-refractivity contribution in [1.82, 2.24) is 4.90 Å². The molecule has 0 radical (unpaired) electrons. The summed E-state index contributed by atoms with van der Waals surface area (Å²) in [4.78, 5) is 2.38. The van der Waals surface area contributed by atoms with Crippen LogP contribution in [0.15, 0.2) is 66.7 Å². The number of rotatable bonds is 1. The molecule has 6 rings (SSSR count). The Bertz CT molecular complexity index is 1230. The van der Waals surface area contributed by atoms with E-state index in [9.17, 15) is 18.3 Å². The molecule has 178 valence electrons. The molecule has 0 spiro atoms. The Morgan fingerprint density at radius 2 is 1.53 bits per heavy atom. The summed E-state index contributed by atoms with van der Waals surface area (Å²) in [5.74, 6) is 0.264. The van der Waals surface area contributed by atoms with E-state index in [2.05, 4.69) is 47.4 Å². The summed E-state index contributed by atoms with van der Waals surface area (Å²) in [6, 6.07) is 20.5. The summed E-state index contributed by atoms with van der Waals surface area (Å²) in [5.41, 5.74) is 4.35. The second kappa shape index (κ2) is 8.40. The van der Waals surface area contributed by atoms with Gasteiger partial charge in [-0.15, -0.1) is 12.4 Å². The van der Waals surface area contributed by atoms with Crippen LogP contribution >= 0.6 is 12.4 Å².